The number of rotatable bonds is 8. The minimum atomic E-state index is -0.478. The maximum atomic E-state index is 12.4. The maximum absolute atomic E-state index is 12.4. The van der Waals surface area contributed by atoms with Crippen LogP contribution in [-0.4, -0.2) is 54.7 Å². The molecule has 0 bridgehead atoms. The molecule has 230 valence electrons. The normalized spacial score (nSPS) is 21.7. The van der Waals surface area contributed by atoms with Crippen LogP contribution in [0.25, 0.3) is 22.4 Å². The largest absolute Gasteiger partial charge is 0.437 e. The summed E-state index contributed by atoms with van der Waals surface area (Å²) in [5.74, 6) is 0.692. The first-order valence-electron chi connectivity index (χ1n) is 14.4. The zero-order chi connectivity index (χ0) is 30.5. The lowest BCUT2D eigenvalue weighted by molar-refractivity contribution is -0.0247. The highest BCUT2D eigenvalue weighted by Gasteiger charge is 2.28. The number of furan rings is 1. The number of ether oxygens (including phenoxy) is 2. The first kappa shape index (κ1) is 31.3. The van der Waals surface area contributed by atoms with E-state index >= 15 is 0 Å². The molecule has 1 aromatic carbocycles. The highest BCUT2D eigenvalue weighted by atomic mass is 127. The summed E-state index contributed by atoms with van der Waals surface area (Å²) in [5.41, 5.74) is 1.34. The third-order valence-corrected chi connectivity index (χ3v) is 8.38. The molecule has 0 unspecified atom stereocenters. The molecule has 2 fully saturated rings. The van der Waals surface area contributed by atoms with Gasteiger partial charge in [-0.25, -0.2) is 9.59 Å². The van der Waals surface area contributed by atoms with E-state index in [1.165, 1.54) is 33.7 Å². The van der Waals surface area contributed by atoms with Crippen molar-refractivity contribution < 1.29 is 24.1 Å². The standard InChI is InChI=1S/C21H24N2O4.C9H11IN2O4/c1-2-3-4-14-5-7-15(8-6-14)18-11-16-12-23(21(25)22-20(16)27-18)19-10-9-17(13-24)26-19;10-6-3-12(9(15)11-8(6)14)7-2-1-5(4-13)16-7/h5-8,11-12,17,19,24H,2-4,9-10,13H2,1H3;3,5,7,13H,1-2,4H2,(H,11,14,15)/t17-,19+;5-,7+/m11/s1. The molecule has 2 aliphatic heterocycles. The number of H-pyrrole nitrogens is 1. The van der Waals surface area contributed by atoms with Gasteiger partial charge in [0.05, 0.1) is 34.4 Å². The Hall–Kier alpha value is -3.11. The van der Waals surface area contributed by atoms with Gasteiger partial charge in [0.2, 0.25) is 5.71 Å². The van der Waals surface area contributed by atoms with E-state index in [9.17, 15) is 19.5 Å². The van der Waals surface area contributed by atoms with Crippen LogP contribution in [0.15, 0.2) is 61.5 Å². The number of hydrogen-bond donors (Lipinski definition) is 3. The van der Waals surface area contributed by atoms with Crippen molar-refractivity contribution in [3.63, 3.8) is 0 Å². The number of aromatic nitrogens is 4. The summed E-state index contributed by atoms with van der Waals surface area (Å²) < 4.78 is 20.3. The van der Waals surface area contributed by atoms with Crippen molar-refractivity contribution in [2.45, 2.75) is 76.5 Å². The van der Waals surface area contributed by atoms with Gasteiger partial charge in [-0.2, -0.15) is 4.98 Å². The van der Waals surface area contributed by atoms with Crippen LogP contribution in [0.5, 0.6) is 0 Å². The van der Waals surface area contributed by atoms with Crippen molar-refractivity contribution in [2.24, 2.45) is 0 Å². The van der Waals surface area contributed by atoms with Gasteiger partial charge < -0.3 is 24.1 Å². The Balaban J connectivity index is 0.000000196. The van der Waals surface area contributed by atoms with Crippen LogP contribution < -0.4 is 16.9 Å². The van der Waals surface area contributed by atoms with Gasteiger partial charge in [0, 0.05) is 18.0 Å². The fraction of sp³-hybridized carbons (Fsp3) is 0.467. The number of aliphatic hydroxyl groups is 2. The summed E-state index contributed by atoms with van der Waals surface area (Å²) >= 11 is 1.86. The summed E-state index contributed by atoms with van der Waals surface area (Å²) in [6.45, 7) is 2.10. The monoisotopic (exact) mass is 706 g/mol. The molecule has 6 rings (SSSR count). The zero-order valence-corrected chi connectivity index (χ0v) is 25.9. The topological polar surface area (TPSA) is 162 Å². The number of nitrogens with one attached hydrogen (secondary N) is 1. The Kier molecular flexibility index (Phi) is 10.3. The number of aryl methyl sites for hydroxylation is 1. The van der Waals surface area contributed by atoms with E-state index in [-0.39, 0.29) is 31.6 Å². The summed E-state index contributed by atoms with van der Waals surface area (Å²) in [5, 5.41) is 18.9. The Labute approximate surface area is 260 Å². The molecule has 0 radical (unpaired) electrons. The molecule has 3 aromatic heterocycles. The van der Waals surface area contributed by atoms with Gasteiger partial charge in [-0.15, -0.1) is 0 Å². The number of nitrogens with zero attached hydrogens (tertiary/aromatic N) is 3. The second-order valence-electron chi connectivity index (χ2n) is 10.7. The lowest BCUT2D eigenvalue weighted by Gasteiger charge is -2.14. The summed E-state index contributed by atoms with van der Waals surface area (Å²) in [6.07, 6.45) is 8.21. The van der Waals surface area contributed by atoms with Gasteiger partial charge in [0.15, 0.2) is 0 Å². The molecule has 3 N–H and O–H groups in total. The minimum Gasteiger partial charge on any atom is -0.437 e. The smallest absolute Gasteiger partial charge is 0.353 e. The average Bonchev–Trinajstić information content (AvgIpc) is 3.78. The van der Waals surface area contributed by atoms with E-state index in [2.05, 4.69) is 29.0 Å². The number of fused-ring (bicyclic) bond motifs is 1. The highest BCUT2D eigenvalue weighted by molar-refractivity contribution is 14.1. The molecule has 2 aliphatic rings. The molecule has 5 heterocycles. The van der Waals surface area contributed by atoms with Gasteiger partial charge in [0.25, 0.3) is 5.56 Å². The Morgan fingerprint density at radius 1 is 0.953 bits per heavy atom. The molecule has 0 spiro atoms. The molecule has 4 atom stereocenters. The molecule has 12 nitrogen and oxygen atoms in total. The van der Waals surface area contributed by atoms with Crippen LogP contribution in [0, 0.1) is 3.57 Å². The molecule has 0 amide bonds. The van der Waals surface area contributed by atoms with E-state index in [0.29, 0.717) is 34.3 Å². The van der Waals surface area contributed by atoms with Crippen LogP contribution in [-0.2, 0) is 15.9 Å². The first-order valence-corrected chi connectivity index (χ1v) is 15.5. The van der Waals surface area contributed by atoms with Crippen molar-refractivity contribution in [3.8, 4) is 11.3 Å². The van der Waals surface area contributed by atoms with Gasteiger partial charge in [-0.1, -0.05) is 37.6 Å². The second-order valence-corrected chi connectivity index (χ2v) is 11.9. The SMILES string of the molecule is CCCCc1ccc(-c2cc3cn([C@@H]4CC[C@H](CO)O4)c(=O)nc3o2)cc1.O=c1[nH]c(=O)n([C@@H]2CC[C@H](CO)O2)cc1I. The quantitative estimate of drug-likeness (QED) is 0.233. The molecule has 13 heteroatoms. The number of benzene rings is 1. The predicted molar refractivity (Wildman–Crippen MR) is 167 cm³/mol. The molecule has 2 saturated heterocycles. The maximum Gasteiger partial charge on any atom is 0.353 e. The second kappa shape index (κ2) is 14.1. The van der Waals surface area contributed by atoms with E-state index in [1.807, 2.05) is 40.8 Å². The summed E-state index contributed by atoms with van der Waals surface area (Å²) in [6, 6.07) is 10.2. The third-order valence-electron chi connectivity index (χ3n) is 7.62. The summed E-state index contributed by atoms with van der Waals surface area (Å²) in [7, 11) is 0. The third kappa shape index (κ3) is 7.34. The lowest BCUT2D eigenvalue weighted by Crippen LogP contribution is -2.33. The molecule has 0 aliphatic carbocycles. The van der Waals surface area contributed by atoms with Crippen molar-refractivity contribution in [2.75, 3.05) is 13.2 Å². The molecular formula is C30H35IN4O8. The Morgan fingerprint density at radius 3 is 2.21 bits per heavy atom. The fourth-order valence-electron chi connectivity index (χ4n) is 5.22. The first-order chi connectivity index (χ1) is 20.8. The van der Waals surface area contributed by atoms with Crippen molar-refractivity contribution in [1.82, 2.24) is 19.1 Å². The van der Waals surface area contributed by atoms with E-state index in [0.717, 1.165) is 23.8 Å². The van der Waals surface area contributed by atoms with Crippen LogP contribution in [0.2, 0.25) is 0 Å². The van der Waals surface area contributed by atoms with Crippen molar-refractivity contribution in [3.05, 3.63) is 83.2 Å². The van der Waals surface area contributed by atoms with Crippen molar-refractivity contribution in [1.29, 1.82) is 0 Å². The number of unbranched alkanes of at least 4 members (excludes halogenated alkanes) is 1. The Morgan fingerprint density at radius 2 is 1.60 bits per heavy atom. The van der Waals surface area contributed by atoms with Gasteiger partial charge in [-0.3, -0.25) is 18.9 Å². The number of hydrogen-bond acceptors (Lipinski definition) is 9. The number of halogens is 1. The van der Waals surface area contributed by atoms with Crippen molar-refractivity contribution >= 4 is 33.7 Å². The van der Waals surface area contributed by atoms with Crippen LogP contribution >= 0.6 is 22.6 Å². The lowest BCUT2D eigenvalue weighted by atomic mass is 10.1. The molecule has 4 aromatic rings. The molecular weight excluding hydrogens is 671 g/mol. The summed E-state index contributed by atoms with van der Waals surface area (Å²) in [4.78, 5) is 41.4. The molecule has 0 saturated carbocycles. The van der Waals surface area contributed by atoms with Gasteiger partial charge in [-0.05, 0) is 72.7 Å². The van der Waals surface area contributed by atoms with Crippen LogP contribution in [0.1, 0.15) is 63.5 Å². The van der Waals surface area contributed by atoms with E-state index in [4.69, 9.17) is 19.0 Å². The highest BCUT2D eigenvalue weighted by Crippen LogP contribution is 2.30. The number of aromatic amines is 1. The van der Waals surface area contributed by atoms with Gasteiger partial charge in [0.1, 0.15) is 18.2 Å². The minimum absolute atomic E-state index is 0.0367. The van der Waals surface area contributed by atoms with Gasteiger partial charge >= 0.3 is 11.4 Å². The fourth-order valence-corrected chi connectivity index (χ4v) is 5.65. The average molecular weight is 707 g/mol. The zero-order valence-electron chi connectivity index (χ0n) is 23.8. The molecule has 43 heavy (non-hydrogen) atoms. The van der Waals surface area contributed by atoms with E-state index in [1.54, 1.807) is 6.20 Å². The Bertz CT molecular complexity index is 1710. The van der Waals surface area contributed by atoms with Crippen LogP contribution in [0.4, 0.5) is 0 Å². The predicted octanol–water partition coefficient (Wildman–Crippen LogP) is 3.48. The van der Waals surface area contributed by atoms with Crippen LogP contribution in [0.3, 0.4) is 0 Å². The van der Waals surface area contributed by atoms with E-state index < -0.39 is 23.2 Å². The number of aliphatic hydroxyl groups excluding tert-OH is 2.